The van der Waals surface area contributed by atoms with Crippen LogP contribution in [-0.4, -0.2) is 24.2 Å². The number of carbonyl (C=O) groups excluding carboxylic acids is 1. The Kier molecular flexibility index (Phi) is 5.57. The highest BCUT2D eigenvalue weighted by Crippen LogP contribution is 2.17. The number of nitrogens with one attached hydrogen (secondary N) is 1. The number of furan rings is 1. The lowest BCUT2D eigenvalue weighted by Gasteiger charge is -2.07. The fourth-order valence-corrected chi connectivity index (χ4v) is 1.83. The summed E-state index contributed by atoms with van der Waals surface area (Å²) >= 11 is 0. The minimum atomic E-state index is -0.345. The second kappa shape index (κ2) is 7.86. The SMILES string of the molecule is N#Cc1cccc(OCc2ccoc2C(=O)NCCCO)c1. The minimum Gasteiger partial charge on any atom is -0.489 e. The van der Waals surface area contributed by atoms with Gasteiger partial charge in [-0.15, -0.1) is 0 Å². The van der Waals surface area contributed by atoms with Crippen LogP contribution in [0.4, 0.5) is 0 Å². The normalized spacial score (nSPS) is 10.0. The van der Waals surface area contributed by atoms with E-state index in [1.807, 2.05) is 6.07 Å². The van der Waals surface area contributed by atoms with Crippen molar-refractivity contribution in [1.82, 2.24) is 5.32 Å². The zero-order chi connectivity index (χ0) is 15.8. The number of aliphatic hydroxyl groups is 1. The van der Waals surface area contributed by atoms with Crippen LogP contribution in [0.25, 0.3) is 0 Å². The van der Waals surface area contributed by atoms with Gasteiger partial charge in [0, 0.05) is 18.7 Å². The molecule has 0 spiro atoms. The molecule has 0 atom stereocenters. The Morgan fingerprint density at radius 3 is 3.05 bits per heavy atom. The maximum Gasteiger partial charge on any atom is 0.287 e. The summed E-state index contributed by atoms with van der Waals surface area (Å²) < 4.78 is 10.8. The molecule has 1 aromatic carbocycles. The Bertz CT molecular complexity index is 673. The maximum absolute atomic E-state index is 11.9. The molecule has 22 heavy (non-hydrogen) atoms. The number of ether oxygens (including phenoxy) is 1. The fourth-order valence-electron chi connectivity index (χ4n) is 1.83. The topological polar surface area (TPSA) is 95.5 Å². The highest BCUT2D eigenvalue weighted by molar-refractivity contribution is 5.92. The van der Waals surface area contributed by atoms with Crippen molar-refractivity contribution in [3.8, 4) is 11.8 Å². The number of nitriles is 1. The van der Waals surface area contributed by atoms with E-state index in [2.05, 4.69) is 5.32 Å². The van der Waals surface area contributed by atoms with Crippen molar-refractivity contribution in [3.05, 3.63) is 53.5 Å². The predicted octanol–water partition coefficient (Wildman–Crippen LogP) is 1.84. The number of hydrogen-bond donors (Lipinski definition) is 2. The van der Waals surface area contributed by atoms with Crippen LogP contribution in [0.5, 0.6) is 5.75 Å². The highest BCUT2D eigenvalue weighted by Gasteiger charge is 2.15. The van der Waals surface area contributed by atoms with Crippen LogP contribution in [0.15, 0.2) is 41.0 Å². The first-order valence-electron chi connectivity index (χ1n) is 6.83. The summed E-state index contributed by atoms with van der Waals surface area (Å²) in [6, 6.07) is 10.5. The summed E-state index contributed by atoms with van der Waals surface area (Å²) in [4.78, 5) is 11.9. The van der Waals surface area contributed by atoms with Gasteiger partial charge in [-0.3, -0.25) is 4.79 Å². The van der Waals surface area contributed by atoms with Crippen molar-refractivity contribution in [2.45, 2.75) is 13.0 Å². The lowest BCUT2D eigenvalue weighted by molar-refractivity contribution is 0.0920. The quantitative estimate of drug-likeness (QED) is 0.761. The Balaban J connectivity index is 1.97. The van der Waals surface area contributed by atoms with E-state index in [-0.39, 0.29) is 24.9 Å². The van der Waals surface area contributed by atoms with Gasteiger partial charge in [-0.25, -0.2) is 0 Å². The van der Waals surface area contributed by atoms with Crippen LogP contribution in [-0.2, 0) is 6.61 Å². The van der Waals surface area contributed by atoms with Crippen LogP contribution in [0.1, 0.15) is 28.1 Å². The smallest absolute Gasteiger partial charge is 0.287 e. The standard InChI is InChI=1S/C16H16N2O4/c17-10-12-3-1-4-14(9-12)22-11-13-5-8-21-15(13)16(20)18-6-2-7-19/h1,3-5,8-9,19H,2,6-7,11H2,(H,18,20). The van der Waals surface area contributed by atoms with Gasteiger partial charge in [0.2, 0.25) is 0 Å². The molecule has 0 unspecified atom stereocenters. The van der Waals surface area contributed by atoms with Crippen LogP contribution >= 0.6 is 0 Å². The summed E-state index contributed by atoms with van der Waals surface area (Å²) in [7, 11) is 0. The van der Waals surface area contributed by atoms with Gasteiger partial charge in [0.1, 0.15) is 12.4 Å². The van der Waals surface area contributed by atoms with E-state index >= 15 is 0 Å². The summed E-state index contributed by atoms with van der Waals surface area (Å²) in [6.07, 6.45) is 1.91. The van der Waals surface area contributed by atoms with E-state index in [1.165, 1.54) is 6.26 Å². The highest BCUT2D eigenvalue weighted by atomic mass is 16.5. The van der Waals surface area contributed by atoms with Gasteiger partial charge < -0.3 is 19.6 Å². The minimum absolute atomic E-state index is 0.0175. The van der Waals surface area contributed by atoms with E-state index in [0.29, 0.717) is 29.8 Å². The molecule has 1 aromatic heterocycles. The molecule has 6 heteroatoms. The van der Waals surface area contributed by atoms with Gasteiger partial charge in [0.05, 0.1) is 17.9 Å². The summed E-state index contributed by atoms with van der Waals surface area (Å²) in [6.45, 7) is 0.554. The molecule has 1 amide bonds. The number of nitrogens with zero attached hydrogens (tertiary/aromatic N) is 1. The maximum atomic E-state index is 11.9. The second-order valence-corrected chi connectivity index (χ2v) is 4.54. The monoisotopic (exact) mass is 300 g/mol. The number of carbonyl (C=O) groups is 1. The molecule has 0 aliphatic carbocycles. The molecule has 0 aliphatic heterocycles. The third-order valence-corrected chi connectivity index (χ3v) is 2.93. The third-order valence-electron chi connectivity index (χ3n) is 2.93. The van der Waals surface area contributed by atoms with Gasteiger partial charge in [0.25, 0.3) is 5.91 Å². The van der Waals surface area contributed by atoms with Crippen molar-refractivity contribution in [2.24, 2.45) is 0 Å². The van der Waals surface area contributed by atoms with Crippen LogP contribution < -0.4 is 10.1 Å². The first-order valence-corrected chi connectivity index (χ1v) is 6.83. The van der Waals surface area contributed by atoms with Gasteiger partial charge in [-0.1, -0.05) is 6.07 Å². The molecular formula is C16H16N2O4. The van der Waals surface area contributed by atoms with E-state index in [1.54, 1.807) is 30.3 Å². The molecule has 2 rings (SSSR count). The molecule has 114 valence electrons. The van der Waals surface area contributed by atoms with Crippen molar-refractivity contribution in [3.63, 3.8) is 0 Å². The zero-order valence-corrected chi connectivity index (χ0v) is 11.9. The van der Waals surface area contributed by atoms with E-state index in [0.717, 1.165) is 0 Å². The van der Waals surface area contributed by atoms with Crippen LogP contribution in [0.2, 0.25) is 0 Å². The van der Waals surface area contributed by atoms with Gasteiger partial charge >= 0.3 is 0 Å². The molecular weight excluding hydrogens is 284 g/mol. The van der Waals surface area contributed by atoms with Crippen LogP contribution in [0.3, 0.4) is 0 Å². The molecule has 0 bridgehead atoms. The van der Waals surface area contributed by atoms with E-state index in [4.69, 9.17) is 19.5 Å². The van der Waals surface area contributed by atoms with Gasteiger partial charge in [0.15, 0.2) is 5.76 Å². The Labute approximate surface area is 127 Å². The Morgan fingerprint density at radius 1 is 1.41 bits per heavy atom. The molecule has 0 fully saturated rings. The van der Waals surface area contributed by atoms with Crippen molar-refractivity contribution in [1.29, 1.82) is 5.26 Å². The lowest BCUT2D eigenvalue weighted by atomic mass is 10.2. The molecule has 0 radical (unpaired) electrons. The number of aliphatic hydroxyl groups excluding tert-OH is 1. The van der Waals surface area contributed by atoms with Crippen LogP contribution in [0, 0.1) is 11.3 Å². The molecule has 1 heterocycles. The average Bonchev–Trinajstić information content (AvgIpc) is 3.02. The lowest BCUT2D eigenvalue weighted by Crippen LogP contribution is -2.25. The summed E-state index contributed by atoms with van der Waals surface area (Å²) in [5, 5.41) is 20.2. The number of benzene rings is 1. The van der Waals surface area contributed by atoms with Crippen molar-refractivity contribution >= 4 is 5.91 Å². The first kappa shape index (κ1) is 15.6. The molecule has 0 saturated carbocycles. The van der Waals surface area contributed by atoms with Gasteiger partial charge in [-0.05, 0) is 30.7 Å². The fraction of sp³-hybridized carbons (Fsp3) is 0.250. The molecule has 0 aliphatic rings. The average molecular weight is 300 g/mol. The summed E-state index contributed by atoms with van der Waals surface area (Å²) in [5.74, 6) is 0.393. The van der Waals surface area contributed by atoms with E-state index in [9.17, 15) is 4.79 Å². The number of rotatable bonds is 7. The number of hydrogen-bond acceptors (Lipinski definition) is 5. The number of amides is 1. The first-order chi connectivity index (χ1) is 10.7. The third kappa shape index (κ3) is 4.11. The molecule has 2 N–H and O–H groups in total. The molecule has 0 saturated heterocycles. The van der Waals surface area contributed by atoms with E-state index < -0.39 is 0 Å². The largest absolute Gasteiger partial charge is 0.489 e. The Hall–Kier alpha value is -2.78. The predicted molar refractivity (Wildman–Crippen MR) is 78.2 cm³/mol. The van der Waals surface area contributed by atoms with Crippen molar-refractivity contribution < 1.29 is 19.1 Å². The van der Waals surface area contributed by atoms with Crippen molar-refractivity contribution in [2.75, 3.05) is 13.2 Å². The molecule has 2 aromatic rings. The Morgan fingerprint density at radius 2 is 2.27 bits per heavy atom. The summed E-state index contributed by atoms with van der Waals surface area (Å²) in [5.41, 5.74) is 1.12. The van der Waals surface area contributed by atoms with Gasteiger partial charge in [-0.2, -0.15) is 5.26 Å². The second-order valence-electron chi connectivity index (χ2n) is 4.54. The zero-order valence-electron chi connectivity index (χ0n) is 11.9. The molecule has 6 nitrogen and oxygen atoms in total.